The van der Waals surface area contributed by atoms with Crippen LogP contribution in [0.15, 0.2) is 12.4 Å². The Labute approximate surface area is 102 Å². The Kier molecular flexibility index (Phi) is 2.76. The number of hydrogen-bond donors (Lipinski definition) is 6. The first-order valence-electron chi connectivity index (χ1n) is 5.61. The van der Waals surface area contributed by atoms with Gasteiger partial charge in [-0.05, 0) is 0 Å². The molecule has 9 heteroatoms. The van der Waals surface area contributed by atoms with Gasteiger partial charge < -0.3 is 10.2 Å². The molecule has 0 saturated carbocycles. The SMILES string of the molecule is O=C(O)c1cnn(C2NC(O)C3NNCC3N2)c1. The number of carbonyl (C=O) groups is 1. The third kappa shape index (κ3) is 1.87. The summed E-state index contributed by atoms with van der Waals surface area (Å²) in [7, 11) is 0. The van der Waals surface area contributed by atoms with E-state index in [1.165, 1.54) is 17.1 Å². The van der Waals surface area contributed by atoms with Crippen molar-refractivity contribution >= 4 is 5.97 Å². The number of nitrogens with one attached hydrogen (secondary N) is 4. The first-order valence-corrected chi connectivity index (χ1v) is 5.61. The van der Waals surface area contributed by atoms with Crippen LogP contribution in [-0.4, -0.2) is 50.8 Å². The minimum Gasteiger partial charge on any atom is -0.478 e. The standard InChI is InChI=1S/C9H14N6O3/c16-7-6-5(2-10-14-6)12-9(13-7)15-3-4(1-11-15)8(17)18/h1,3,5-7,9-10,12-14,16H,2H2,(H,17,18). The van der Waals surface area contributed by atoms with Crippen LogP contribution in [0, 0.1) is 0 Å². The predicted octanol–water partition coefficient (Wildman–Crippen LogP) is -2.61. The Morgan fingerprint density at radius 2 is 2.33 bits per heavy atom. The van der Waals surface area contributed by atoms with Gasteiger partial charge in [0, 0.05) is 18.8 Å². The molecule has 0 aliphatic carbocycles. The monoisotopic (exact) mass is 254 g/mol. The highest BCUT2D eigenvalue weighted by atomic mass is 16.4. The smallest absolute Gasteiger partial charge is 0.338 e. The first-order chi connectivity index (χ1) is 8.65. The van der Waals surface area contributed by atoms with E-state index in [1.54, 1.807) is 0 Å². The van der Waals surface area contributed by atoms with Gasteiger partial charge in [0.15, 0.2) is 6.29 Å². The number of aromatic nitrogens is 2. The van der Waals surface area contributed by atoms with Gasteiger partial charge in [0.2, 0.25) is 0 Å². The summed E-state index contributed by atoms with van der Waals surface area (Å²) in [6.07, 6.45) is 1.51. The lowest BCUT2D eigenvalue weighted by atomic mass is 10.1. The van der Waals surface area contributed by atoms with E-state index >= 15 is 0 Å². The van der Waals surface area contributed by atoms with E-state index < -0.39 is 18.5 Å². The van der Waals surface area contributed by atoms with E-state index in [0.717, 1.165) is 0 Å². The Morgan fingerprint density at radius 3 is 3.06 bits per heavy atom. The number of aliphatic hydroxyl groups is 1. The third-order valence-corrected chi connectivity index (χ3v) is 3.18. The van der Waals surface area contributed by atoms with Crippen LogP contribution in [0.1, 0.15) is 16.6 Å². The fourth-order valence-electron chi connectivity index (χ4n) is 2.23. The van der Waals surface area contributed by atoms with E-state index in [2.05, 4.69) is 26.6 Å². The Morgan fingerprint density at radius 1 is 1.50 bits per heavy atom. The zero-order valence-electron chi connectivity index (χ0n) is 9.37. The zero-order chi connectivity index (χ0) is 12.7. The van der Waals surface area contributed by atoms with Crippen molar-refractivity contribution < 1.29 is 15.0 Å². The molecule has 0 bridgehead atoms. The Balaban J connectivity index is 1.78. The zero-order valence-corrected chi connectivity index (χ0v) is 9.37. The summed E-state index contributed by atoms with van der Waals surface area (Å²) in [6.45, 7) is 0.674. The average molecular weight is 254 g/mol. The maximum absolute atomic E-state index is 10.8. The molecule has 0 aromatic carbocycles. The maximum atomic E-state index is 10.8. The maximum Gasteiger partial charge on any atom is 0.338 e. The lowest BCUT2D eigenvalue weighted by molar-refractivity contribution is 0.0179. The molecule has 4 unspecified atom stereocenters. The molecular weight excluding hydrogens is 240 g/mol. The minimum atomic E-state index is -1.03. The number of fused-ring (bicyclic) bond motifs is 1. The molecule has 2 saturated heterocycles. The summed E-state index contributed by atoms with van der Waals surface area (Å²) in [5.41, 5.74) is 6.02. The highest BCUT2D eigenvalue weighted by Crippen LogP contribution is 2.14. The van der Waals surface area contributed by atoms with Gasteiger partial charge in [-0.1, -0.05) is 0 Å². The van der Waals surface area contributed by atoms with Crippen LogP contribution in [0.5, 0.6) is 0 Å². The van der Waals surface area contributed by atoms with Gasteiger partial charge in [-0.2, -0.15) is 5.10 Å². The molecule has 98 valence electrons. The Bertz CT molecular complexity index is 463. The average Bonchev–Trinajstić information content (AvgIpc) is 2.97. The molecular formula is C9H14N6O3. The lowest BCUT2D eigenvalue weighted by Gasteiger charge is -2.37. The number of aliphatic hydroxyl groups excluding tert-OH is 1. The molecule has 1 aromatic rings. The van der Waals surface area contributed by atoms with Crippen molar-refractivity contribution in [3.05, 3.63) is 18.0 Å². The summed E-state index contributed by atoms with van der Waals surface area (Å²) in [5.74, 6) is -1.03. The van der Waals surface area contributed by atoms with E-state index in [4.69, 9.17) is 5.11 Å². The highest BCUT2D eigenvalue weighted by molar-refractivity contribution is 5.86. The van der Waals surface area contributed by atoms with Crippen molar-refractivity contribution in [2.24, 2.45) is 0 Å². The molecule has 9 nitrogen and oxygen atoms in total. The molecule has 0 spiro atoms. The van der Waals surface area contributed by atoms with Crippen LogP contribution in [0.2, 0.25) is 0 Å². The van der Waals surface area contributed by atoms with Crippen molar-refractivity contribution in [3.63, 3.8) is 0 Å². The molecule has 3 rings (SSSR count). The van der Waals surface area contributed by atoms with Crippen LogP contribution < -0.4 is 21.5 Å². The van der Waals surface area contributed by atoms with Gasteiger partial charge in [0.25, 0.3) is 0 Å². The third-order valence-electron chi connectivity index (χ3n) is 3.18. The molecule has 2 aliphatic heterocycles. The van der Waals surface area contributed by atoms with Gasteiger partial charge in [-0.3, -0.25) is 16.1 Å². The van der Waals surface area contributed by atoms with E-state index in [9.17, 15) is 9.90 Å². The number of nitrogens with zero attached hydrogens (tertiary/aromatic N) is 2. The topological polar surface area (TPSA) is 123 Å². The number of aromatic carboxylic acids is 1. The van der Waals surface area contributed by atoms with Crippen LogP contribution in [0.3, 0.4) is 0 Å². The Hall–Kier alpha value is -1.52. The molecule has 1 aromatic heterocycles. The normalized spacial score (nSPS) is 35.4. The van der Waals surface area contributed by atoms with Crippen molar-refractivity contribution in [1.29, 1.82) is 0 Å². The van der Waals surface area contributed by atoms with Crippen molar-refractivity contribution in [2.45, 2.75) is 24.6 Å². The number of rotatable bonds is 2. The second-order valence-electron chi connectivity index (χ2n) is 4.35. The van der Waals surface area contributed by atoms with Gasteiger partial charge in [-0.25, -0.2) is 14.9 Å². The largest absolute Gasteiger partial charge is 0.478 e. The second-order valence-corrected chi connectivity index (χ2v) is 4.35. The summed E-state index contributed by atoms with van der Waals surface area (Å²) in [5, 5.41) is 28.9. The number of hydrazine groups is 1. The quantitative estimate of drug-likeness (QED) is 0.339. The molecule has 0 amide bonds. The molecule has 0 radical (unpaired) electrons. The van der Waals surface area contributed by atoms with Gasteiger partial charge in [0.05, 0.1) is 17.8 Å². The van der Waals surface area contributed by atoms with Gasteiger partial charge in [-0.15, -0.1) is 0 Å². The molecule has 2 fully saturated rings. The van der Waals surface area contributed by atoms with E-state index in [-0.39, 0.29) is 17.6 Å². The van der Waals surface area contributed by atoms with Gasteiger partial charge >= 0.3 is 5.97 Å². The van der Waals surface area contributed by atoms with Crippen LogP contribution in [0.25, 0.3) is 0 Å². The van der Waals surface area contributed by atoms with Crippen LogP contribution in [0.4, 0.5) is 0 Å². The van der Waals surface area contributed by atoms with Crippen LogP contribution >= 0.6 is 0 Å². The minimum absolute atomic E-state index is 0.0451. The summed E-state index contributed by atoms with van der Waals surface area (Å²) in [4.78, 5) is 10.8. The number of hydrogen-bond acceptors (Lipinski definition) is 7. The number of carboxylic acid groups (broad SMARTS) is 1. The summed E-state index contributed by atoms with van der Waals surface area (Å²) >= 11 is 0. The first kappa shape index (κ1) is 11.6. The van der Waals surface area contributed by atoms with E-state index in [0.29, 0.717) is 6.54 Å². The second kappa shape index (κ2) is 4.30. The predicted molar refractivity (Wildman–Crippen MR) is 59.2 cm³/mol. The lowest BCUT2D eigenvalue weighted by Crippen LogP contribution is -2.64. The fraction of sp³-hybridized carbons (Fsp3) is 0.556. The summed E-state index contributed by atoms with van der Waals surface area (Å²) in [6, 6.07) is -0.0838. The molecule has 18 heavy (non-hydrogen) atoms. The highest BCUT2D eigenvalue weighted by Gasteiger charge is 2.39. The van der Waals surface area contributed by atoms with E-state index in [1.807, 2.05) is 0 Å². The number of carboxylic acids is 1. The summed E-state index contributed by atoms with van der Waals surface area (Å²) < 4.78 is 1.45. The molecule has 2 aliphatic rings. The van der Waals surface area contributed by atoms with Crippen molar-refractivity contribution in [2.75, 3.05) is 6.54 Å². The molecule has 4 atom stereocenters. The molecule has 3 heterocycles. The molecule has 6 N–H and O–H groups in total. The van der Waals surface area contributed by atoms with Crippen LogP contribution in [-0.2, 0) is 0 Å². The van der Waals surface area contributed by atoms with Crippen molar-refractivity contribution in [1.82, 2.24) is 31.3 Å². The van der Waals surface area contributed by atoms with Crippen molar-refractivity contribution in [3.8, 4) is 0 Å². The fourth-order valence-corrected chi connectivity index (χ4v) is 2.23. The van der Waals surface area contributed by atoms with Gasteiger partial charge in [0.1, 0.15) is 6.23 Å².